The van der Waals surface area contributed by atoms with Crippen molar-refractivity contribution in [2.24, 2.45) is 0 Å². The van der Waals surface area contributed by atoms with Crippen LogP contribution < -0.4 is 0 Å². The topological polar surface area (TPSA) is 0 Å². The Kier molecular flexibility index (Phi) is 6.67. The van der Waals surface area contributed by atoms with Crippen LogP contribution in [0.5, 0.6) is 0 Å². The van der Waals surface area contributed by atoms with Crippen LogP contribution in [0.25, 0.3) is 0 Å². The van der Waals surface area contributed by atoms with Crippen molar-refractivity contribution in [2.45, 2.75) is 25.1 Å². The Labute approximate surface area is 66.8 Å². The molecule has 0 aromatic rings. The normalized spacial score (nSPS) is 14.6. The highest BCUT2D eigenvalue weighted by Gasteiger charge is 1.94. The lowest BCUT2D eigenvalue weighted by atomic mass is 10.3. The first-order chi connectivity index (χ1) is 4.31. The van der Waals surface area contributed by atoms with Crippen molar-refractivity contribution in [3.05, 3.63) is 12.2 Å². The van der Waals surface area contributed by atoms with E-state index in [2.05, 4.69) is 13.0 Å². The summed E-state index contributed by atoms with van der Waals surface area (Å²) in [5, 5.41) is 0.127. The maximum atomic E-state index is 5.79. The summed E-state index contributed by atoms with van der Waals surface area (Å²) in [6, 6.07) is 0. The number of halogens is 2. The lowest BCUT2D eigenvalue weighted by Gasteiger charge is -1.97. The van der Waals surface area contributed by atoms with E-state index in [1.54, 1.807) is 0 Å². The minimum Gasteiger partial charge on any atom is -0.127 e. The second-order valence-corrected chi connectivity index (χ2v) is 2.77. The third-order valence-electron chi connectivity index (χ3n) is 0.965. The Morgan fingerprint density at radius 1 is 1.56 bits per heavy atom. The zero-order valence-electron chi connectivity index (χ0n) is 5.61. The molecule has 0 amide bonds. The quantitative estimate of drug-likeness (QED) is 0.445. The maximum absolute atomic E-state index is 5.79. The minimum absolute atomic E-state index is 0.127. The van der Waals surface area contributed by atoms with Gasteiger partial charge < -0.3 is 0 Å². The predicted molar refractivity (Wildman–Crippen MR) is 44.4 cm³/mol. The van der Waals surface area contributed by atoms with Gasteiger partial charge in [0.1, 0.15) is 0 Å². The van der Waals surface area contributed by atoms with E-state index < -0.39 is 0 Å². The molecule has 0 bridgehead atoms. The molecule has 1 atom stereocenters. The smallest absolute Gasteiger partial charge is 0.0527 e. The SMILES string of the molecule is CCC=CC(Cl)CCCl. The van der Waals surface area contributed by atoms with Crippen LogP contribution in [0.2, 0.25) is 0 Å². The van der Waals surface area contributed by atoms with Crippen LogP contribution in [0.1, 0.15) is 19.8 Å². The summed E-state index contributed by atoms with van der Waals surface area (Å²) in [6.45, 7) is 2.08. The lowest BCUT2D eigenvalue weighted by Crippen LogP contribution is -1.92. The van der Waals surface area contributed by atoms with E-state index in [0.29, 0.717) is 5.88 Å². The minimum atomic E-state index is 0.127. The summed E-state index contributed by atoms with van der Waals surface area (Å²) in [4.78, 5) is 0. The van der Waals surface area contributed by atoms with E-state index >= 15 is 0 Å². The van der Waals surface area contributed by atoms with Gasteiger partial charge in [-0.2, -0.15) is 0 Å². The first-order valence-corrected chi connectivity index (χ1v) is 4.15. The van der Waals surface area contributed by atoms with Gasteiger partial charge in [0.25, 0.3) is 0 Å². The van der Waals surface area contributed by atoms with Crippen molar-refractivity contribution in [3.63, 3.8) is 0 Å². The molecule has 0 aliphatic carbocycles. The highest BCUT2D eigenvalue weighted by Crippen LogP contribution is 2.04. The number of hydrogen-bond donors (Lipinski definition) is 0. The highest BCUT2D eigenvalue weighted by molar-refractivity contribution is 6.23. The lowest BCUT2D eigenvalue weighted by molar-refractivity contribution is 0.967. The zero-order chi connectivity index (χ0) is 7.11. The summed E-state index contributed by atoms with van der Waals surface area (Å²) < 4.78 is 0. The Bertz CT molecular complexity index is 79.0. The molecular weight excluding hydrogens is 155 g/mol. The molecule has 0 aromatic carbocycles. The van der Waals surface area contributed by atoms with E-state index in [9.17, 15) is 0 Å². The first-order valence-electron chi connectivity index (χ1n) is 3.18. The van der Waals surface area contributed by atoms with Crippen molar-refractivity contribution in [1.82, 2.24) is 0 Å². The zero-order valence-corrected chi connectivity index (χ0v) is 7.12. The Hall–Kier alpha value is 0.320. The van der Waals surface area contributed by atoms with Crippen molar-refractivity contribution in [3.8, 4) is 0 Å². The molecule has 0 nitrogen and oxygen atoms in total. The van der Waals surface area contributed by atoms with Crippen LogP contribution in [-0.2, 0) is 0 Å². The highest BCUT2D eigenvalue weighted by atomic mass is 35.5. The largest absolute Gasteiger partial charge is 0.127 e. The van der Waals surface area contributed by atoms with Gasteiger partial charge in [-0.15, -0.1) is 23.2 Å². The average molecular weight is 167 g/mol. The van der Waals surface area contributed by atoms with Gasteiger partial charge in [-0.25, -0.2) is 0 Å². The molecule has 54 valence electrons. The fourth-order valence-electron chi connectivity index (χ4n) is 0.484. The van der Waals surface area contributed by atoms with Crippen LogP contribution in [-0.4, -0.2) is 11.3 Å². The molecule has 2 heteroatoms. The molecule has 0 fully saturated rings. The molecule has 0 saturated heterocycles. The van der Waals surface area contributed by atoms with Crippen molar-refractivity contribution >= 4 is 23.2 Å². The molecule has 0 saturated carbocycles. The number of alkyl halides is 2. The van der Waals surface area contributed by atoms with Gasteiger partial charge >= 0.3 is 0 Å². The third kappa shape index (κ3) is 6.20. The molecule has 0 aliphatic rings. The first kappa shape index (κ1) is 9.32. The fraction of sp³-hybridized carbons (Fsp3) is 0.714. The summed E-state index contributed by atoms with van der Waals surface area (Å²) in [6.07, 6.45) is 5.96. The van der Waals surface area contributed by atoms with Gasteiger partial charge in [-0.05, 0) is 12.8 Å². The fourth-order valence-corrected chi connectivity index (χ4v) is 1.04. The van der Waals surface area contributed by atoms with Crippen molar-refractivity contribution in [2.75, 3.05) is 5.88 Å². The molecule has 0 heterocycles. The molecule has 0 rings (SSSR count). The van der Waals surface area contributed by atoms with Gasteiger partial charge in [0.15, 0.2) is 0 Å². The van der Waals surface area contributed by atoms with Crippen LogP contribution >= 0.6 is 23.2 Å². The van der Waals surface area contributed by atoms with E-state index in [0.717, 1.165) is 12.8 Å². The molecule has 1 unspecified atom stereocenters. The molecule has 9 heavy (non-hydrogen) atoms. The van der Waals surface area contributed by atoms with Gasteiger partial charge in [0, 0.05) is 5.88 Å². The van der Waals surface area contributed by atoms with Crippen molar-refractivity contribution in [1.29, 1.82) is 0 Å². The van der Waals surface area contributed by atoms with Crippen LogP contribution in [0.3, 0.4) is 0 Å². The molecular formula is C7H12Cl2. The van der Waals surface area contributed by atoms with Crippen LogP contribution in [0.4, 0.5) is 0 Å². The van der Waals surface area contributed by atoms with E-state index in [1.807, 2.05) is 6.08 Å². The van der Waals surface area contributed by atoms with Gasteiger partial charge in [-0.1, -0.05) is 19.1 Å². The van der Waals surface area contributed by atoms with E-state index in [-0.39, 0.29) is 5.38 Å². The van der Waals surface area contributed by atoms with Crippen molar-refractivity contribution < 1.29 is 0 Å². The standard InChI is InChI=1S/C7H12Cl2/c1-2-3-4-7(9)5-6-8/h3-4,7H,2,5-6H2,1H3. The monoisotopic (exact) mass is 166 g/mol. The van der Waals surface area contributed by atoms with E-state index in [4.69, 9.17) is 23.2 Å². The van der Waals surface area contributed by atoms with Crippen LogP contribution in [0, 0.1) is 0 Å². The Balaban J connectivity index is 3.25. The molecule has 0 aromatic heterocycles. The molecule has 0 spiro atoms. The van der Waals surface area contributed by atoms with Gasteiger partial charge in [-0.3, -0.25) is 0 Å². The Morgan fingerprint density at radius 2 is 2.22 bits per heavy atom. The number of allylic oxidation sites excluding steroid dienone is 2. The molecule has 0 N–H and O–H groups in total. The van der Waals surface area contributed by atoms with E-state index in [1.165, 1.54) is 0 Å². The second-order valence-electron chi connectivity index (χ2n) is 1.83. The Morgan fingerprint density at radius 3 is 2.67 bits per heavy atom. The average Bonchev–Trinajstić information content (AvgIpc) is 1.85. The maximum Gasteiger partial charge on any atom is 0.0527 e. The number of hydrogen-bond acceptors (Lipinski definition) is 0. The molecule has 0 aliphatic heterocycles. The summed E-state index contributed by atoms with van der Waals surface area (Å²) in [5.74, 6) is 0.641. The third-order valence-corrected chi connectivity index (χ3v) is 1.55. The summed E-state index contributed by atoms with van der Waals surface area (Å²) >= 11 is 11.2. The second kappa shape index (κ2) is 6.44. The molecule has 0 radical (unpaired) electrons. The number of rotatable bonds is 4. The van der Waals surface area contributed by atoms with Crippen LogP contribution in [0.15, 0.2) is 12.2 Å². The van der Waals surface area contributed by atoms with Gasteiger partial charge in [0.2, 0.25) is 0 Å². The predicted octanol–water partition coefficient (Wildman–Crippen LogP) is 3.19. The summed E-state index contributed by atoms with van der Waals surface area (Å²) in [5.41, 5.74) is 0. The summed E-state index contributed by atoms with van der Waals surface area (Å²) in [7, 11) is 0. The van der Waals surface area contributed by atoms with Gasteiger partial charge in [0.05, 0.1) is 5.38 Å².